The summed E-state index contributed by atoms with van der Waals surface area (Å²) < 4.78 is 23.8. The Morgan fingerprint density at radius 3 is 1.32 bits per heavy atom. The van der Waals surface area contributed by atoms with Gasteiger partial charge in [-0.3, -0.25) is 0 Å². The molecule has 2 heterocycles. The molecule has 2 aromatic rings. The summed E-state index contributed by atoms with van der Waals surface area (Å²) in [5, 5.41) is 1.35. The average Bonchev–Trinajstić information content (AvgIpc) is 3.37. The van der Waals surface area contributed by atoms with Crippen molar-refractivity contribution in [3.63, 3.8) is 0 Å². The fraction of sp³-hybridized carbons (Fsp3) is 0.429. The van der Waals surface area contributed by atoms with Gasteiger partial charge in [0.1, 0.15) is 0 Å². The third-order valence-corrected chi connectivity index (χ3v) is 11.3. The fourth-order valence-electron chi connectivity index (χ4n) is 5.88. The molecule has 0 aromatic heterocycles. The highest BCUT2D eigenvalue weighted by atomic mass is 28.4. The van der Waals surface area contributed by atoms with E-state index in [2.05, 4.69) is 0 Å². The van der Waals surface area contributed by atoms with E-state index in [-0.39, 0.29) is 34.5 Å². The second-order valence-corrected chi connectivity index (χ2v) is 13.1. The molecule has 192 valence electrons. The number of fused-ring (bicyclic) bond motifs is 2. The van der Waals surface area contributed by atoms with Gasteiger partial charge >= 0.3 is 32.4 Å². The minimum Gasteiger partial charge on any atom is -0.386 e. The van der Waals surface area contributed by atoms with Crippen molar-refractivity contribution >= 4 is 42.8 Å². The predicted molar refractivity (Wildman–Crippen MR) is 133 cm³/mol. The van der Waals surface area contributed by atoms with Crippen LogP contribution in [0.2, 0.25) is 0 Å². The molecule has 2 aliphatic carbocycles. The number of benzene rings is 2. The van der Waals surface area contributed by atoms with Crippen LogP contribution in [0.25, 0.3) is 0 Å². The van der Waals surface area contributed by atoms with Gasteiger partial charge in [0.05, 0.1) is 22.3 Å². The van der Waals surface area contributed by atoms with Gasteiger partial charge in [0.15, 0.2) is 0 Å². The number of carbonyl (C=O) groups is 4. The van der Waals surface area contributed by atoms with Crippen LogP contribution in [0.4, 0.5) is 0 Å². The predicted octanol–water partition coefficient (Wildman–Crippen LogP) is 3.56. The zero-order valence-corrected chi connectivity index (χ0v) is 21.5. The van der Waals surface area contributed by atoms with Crippen LogP contribution in [0.3, 0.4) is 0 Å². The van der Waals surface area contributed by atoms with E-state index < -0.39 is 32.4 Å². The smallest absolute Gasteiger partial charge is 0.386 e. The normalized spacial score (nSPS) is 20.5. The molecule has 0 saturated heterocycles. The van der Waals surface area contributed by atoms with Crippen LogP contribution >= 0.6 is 0 Å². The quantitative estimate of drug-likeness (QED) is 0.323. The zero-order chi connectivity index (χ0) is 25.6. The Bertz CT molecular complexity index is 1190. The van der Waals surface area contributed by atoms with Crippen molar-refractivity contribution in [1.29, 1.82) is 0 Å². The molecule has 8 nitrogen and oxygen atoms in total. The summed E-state index contributed by atoms with van der Waals surface area (Å²) in [5.74, 6) is -2.72. The van der Waals surface area contributed by atoms with Crippen molar-refractivity contribution in [3.8, 4) is 0 Å². The van der Waals surface area contributed by atoms with Crippen molar-refractivity contribution in [2.24, 2.45) is 0 Å². The van der Waals surface area contributed by atoms with Gasteiger partial charge in [-0.2, -0.15) is 0 Å². The summed E-state index contributed by atoms with van der Waals surface area (Å²) in [4.78, 5) is 49.3. The molecule has 2 aliphatic heterocycles. The Labute approximate surface area is 215 Å². The lowest BCUT2D eigenvalue weighted by molar-refractivity contribution is 0.0425. The van der Waals surface area contributed by atoms with E-state index in [0.29, 0.717) is 10.4 Å². The Balaban J connectivity index is 1.53. The van der Waals surface area contributed by atoms with Gasteiger partial charge in [-0.25, -0.2) is 19.2 Å². The largest absolute Gasteiger partial charge is 0.407 e. The van der Waals surface area contributed by atoms with E-state index in [9.17, 15) is 19.2 Å². The number of ether oxygens (including phenoxy) is 2. The van der Waals surface area contributed by atoms with Crippen molar-refractivity contribution in [3.05, 3.63) is 58.7 Å². The monoisotopic (exact) mass is 520 g/mol. The second-order valence-electron chi connectivity index (χ2n) is 10.2. The summed E-state index contributed by atoms with van der Waals surface area (Å²) in [5.41, 5.74) is 0.814. The van der Waals surface area contributed by atoms with Crippen molar-refractivity contribution in [2.75, 3.05) is 0 Å². The van der Waals surface area contributed by atoms with Crippen LogP contribution in [-0.4, -0.2) is 44.6 Å². The van der Waals surface area contributed by atoms with Gasteiger partial charge in [-0.05, 0) is 60.3 Å². The number of hydrogen-bond acceptors (Lipinski definition) is 8. The minimum absolute atomic E-state index is 0.0484. The molecular weight excluding hydrogens is 492 g/mol. The maximum absolute atomic E-state index is 12.5. The standard InChI is InChI=1S/C28H28O8Si/c29-25-21-13-11-19(15-23(21)27(31)33-25)37(35-17-7-3-1-4-8-17,36-18-9-5-2-6-10-18)20-12-14-22-24(16-20)28(32)34-26(22)30/h11-18H,1-10H2. The van der Waals surface area contributed by atoms with Crippen molar-refractivity contribution in [1.82, 2.24) is 0 Å². The molecule has 37 heavy (non-hydrogen) atoms. The Kier molecular flexibility index (Phi) is 6.30. The lowest BCUT2D eigenvalue weighted by Crippen LogP contribution is -2.66. The zero-order valence-electron chi connectivity index (χ0n) is 20.5. The Morgan fingerprint density at radius 2 is 0.919 bits per heavy atom. The highest BCUT2D eigenvalue weighted by Gasteiger charge is 2.49. The summed E-state index contributed by atoms with van der Waals surface area (Å²) >= 11 is 0. The first-order valence-corrected chi connectivity index (χ1v) is 14.9. The van der Waals surface area contributed by atoms with Crippen LogP contribution < -0.4 is 10.4 Å². The molecular formula is C28H28O8Si. The summed E-state index contributed by atoms with van der Waals surface area (Å²) in [6.45, 7) is 0. The van der Waals surface area contributed by atoms with E-state index in [1.165, 1.54) is 0 Å². The minimum atomic E-state index is -3.55. The van der Waals surface area contributed by atoms with E-state index >= 15 is 0 Å². The lowest BCUT2D eigenvalue weighted by Gasteiger charge is -2.40. The molecule has 0 atom stereocenters. The van der Waals surface area contributed by atoms with Gasteiger partial charge in [0, 0.05) is 12.2 Å². The molecule has 2 aromatic carbocycles. The van der Waals surface area contributed by atoms with Gasteiger partial charge in [0.2, 0.25) is 0 Å². The van der Waals surface area contributed by atoms with Crippen LogP contribution in [-0.2, 0) is 18.3 Å². The topological polar surface area (TPSA) is 105 Å². The van der Waals surface area contributed by atoms with Crippen LogP contribution in [0, 0.1) is 0 Å². The van der Waals surface area contributed by atoms with E-state index in [1.54, 1.807) is 36.4 Å². The summed E-state index contributed by atoms with van der Waals surface area (Å²) in [6.07, 6.45) is 9.96. The molecule has 4 aliphatic rings. The maximum Gasteiger partial charge on any atom is 0.407 e. The second kappa shape index (κ2) is 9.63. The molecule has 9 heteroatoms. The third-order valence-electron chi connectivity index (χ3n) is 7.82. The van der Waals surface area contributed by atoms with E-state index in [4.69, 9.17) is 18.3 Å². The number of carbonyl (C=O) groups excluding carboxylic acids is 4. The molecule has 2 fully saturated rings. The van der Waals surface area contributed by atoms with Crippen LogP contribution in [0.1, 0.15) is 106 Å². The molecule has 0 spiro atoms. The molecule has 0 bridgehead atoms. The summed E-state index contributed by atoms with van der Waals surface area (Å²) in [7, 11) is -3.55. The Hall–Kier alpha value is -3.14. The van der Waals surface area contributed by atoms with Crippen molar-refractivity contribution in [2.45, 2.75) is 76.4 Å². The number of rotatable bonds is 6. The lowest BCUT2D eigenvalue weighted by atomic mass is 9.98. The van der Waals surface area contributed by atoms with Gasteiger partial charge in [0.25, 0.3) is 0 Å². The van der Waals surface area contributed by atoms with E-state index in [0.717, 1.165) is 64.2 Å². The Morgan fingerprint density at radius 1 is 0.541 bits per heavy atom. The molecule has 0 radical (unpaired) electrons. The first-order chi connectivity index (χ1) is 17.9. The average molecular weight is 521 g/mol. The molecule has 0 amide bonds. The highest BCUT2D eigenvalue weighted by molar-refractivity contribution is 6.92. The SMILES string of the molecule is O=C1OC(=O)c2cc([Si](OC3CCCCC3)(OC3CCCCC3)c3ccc4c(c3)C(=O)OC4=O)ccc21. The first-order valence-electron chi connectivity index (χ1n) is 13.1. The fourth-order valence-corrected chi connectivity index (χ4v) is 9.50. The number of hydrogen-bond donors (Lipinski definition) is 0. The highest BCUT2D eigenvalue weighted by Crippen LogP contribution is 2.31. The van der Waals surface area contributed by atoms with Gasteiger partial charge in [-0.1, -0.05) is 50.7 Å². The van der Waals surface area contributed by atoms with Crippen LogP contribution in [0.15, 0.2) is 36.4 Å². The molecule has 0 unspecified atom stereocenters. The number of esters is 4. The van der Waals surface area contributed by atoms with Crippen LogP contribution in [0.5, 0.6) is 0 Å². The van der Waals surface area contributed by atoms with E-state index in [1.807, 2.05) is 0 Å². The van der Waals surface area contributed by atoms with Crippen molar-refractivity contribution < 1.29 is 37.5 Å². The number of cyclic esters (lactones) is 4. The molecule has 0 N–H and O–H groups in total. The summed E-state index contributed by atoms with van der Waals surface area (Å²) in [6, 6.07) is 10.1. The molecule has 2 saturated carbocycles. The first kappa shape index (κ1) is 24.2. The van der Waals surface area contributed by atoms with Gasteiger partial charge < -0.3 is 18.3 Å². The maximum atomic E-state index is 12.5. The third kappa shape index (κ3) is 4.34. The molecule has 6 rings (SSSR count). The van der Waals surface area contributed by atoms with Gasteiger partial charge in [-0.15, -0.1) is 0 Å².